The molecule has 5 rings (SSSR count). The number of carbonyl (C=O) groups is 1. The minimum absolute atomic E-state index is 0.102. The summed E-state index contributed by atoms with van der Waals surface area (Å²) in [5.74, 6) is 2.67. The molecule has 0 N–H and O–H groups in total. The first-order chi connectivity index (χ1) is 20.1. The zero-order valence-electron chi connectivity index (χ0n) is 24.9. The summed E-state index contributed by atoms with van der Waals surface area (Å²) in [7, 11) is 4.26. The number of rotatable bonds is 13. The molecule has 0 aliphatic carbocycles. The molecular formula is C33H46N6O2. The molecule has 1 amide bonds. The number of likely N-dealkylation sites (tertiary alicyclic amines) is 1. The van der Waals surface area contributed by atoms with Gasteiger partial charge in [-0.15, -0.1) is 0 Å². The normalized spacial score (nSPS) is 15.6. The number of piperidine rings is 1. The lowest BCUT2D eigenvalue weighted by molar-refractivity contribution is 0.0792. The molecule has 0 bridgehead atoms. The Morgan fingerprint density at radius 2 is 1.59 bits per heavy atom. The second-order valence-electron chi connectivity index (χ2n) is 11.6. The fraction of sp³-hybridized carbons (Fsp3) is 0.545. The zero-order chi connectivity index (χ0) is 28.4. The second kappa shape index (κ2) is 14.5. The fourth-order valence-electron chi connectivity index (χ4n) is 5.85. The van der Waals surface area contributed by atoms with Crippen LogP contribution in [-0.4, -0.2) is 92.2 Å². The summed E-state index contributed by atoms with van der Waals surface area (Å²) in [5, 5.41) is 1.08. The van der Waals surface area contributed by atoms with Gasteiger partial charge >= 0.3 is 0 Å². The lowest BCUT2D eigenvalue weighted by atomic mass is 10.1. The van der Waals surface area contributed by atoms with Gasteiger partial charge < -0.3 is 24.3 Å². The van der Waals surface area contributed by atoms with E-state index in [1.807, 2.05) is 29.2 Å². The maximum Gasteiger partial charge on any atom is 0.253 e. The van der Waals surface area contributed by atoms with E-state index in [0.29, 0.717) is 18.7 Å². The molecular weight excluding hydrogens is 512 g/mol. The highest BCUT2D eigenvalue weighted by Gasteiger charge is 2.21. The Labute approximate surface area is 245 Å². The summed E-state index contributed by atoms with van der Waals surface area (Å²) >= 11 is 0. The smallest absolute Gasteiger partial charge is 0.253 e. The van der Waals surface area contributed by atoms with Crippen molar-refractivity contribution in [3.05, 3.63) is 54.1 Å². The second-order valence-corrected chi connectivity index (χ2v) is 11.6. The number of ether oxygens (including phenoxy) is 1. The Bertz CT molecular complexity index is 1270. The maximum atomic E-state index is 12.9. The monoisotopic (exact) mass is 558 g/mol. The lowest BCUT2D eigenvalue weighted by Crippen LogP contribution is -2.34. The standard InChI is InChI=1S/C33H46N6O2/c1-36(2)18-7-3-8-19-37(24-25-41-28-15-13-14-27(26-28)32(40)38-20-11-12-21-38)31-29-16-5-6-17-30(29)34-33(35-31)39-22-9-4-10-23-39/h5-6,13-17,26H,3-4,7-12,18-25H2,1-2H3. The highest BCUT2D eigenvalue weighted by Crippen LogP contribution is 2.28. The average Bonchev–Trinajstić information content (AvgIpc) is 3.55. The first kappa shape index (κ1) is 29.1. The zero-order valence-corrected chi connectivity index (χ0v) is 24.9. The van der Waals surface area contributed by atoms with E-state index in [-0.39, 0.29) is 5.91 Å². The molecule has 8 heteroatoms. The van der Waals surface area contributed by atoms with Crippen molar-refractivity contribution < 1.29 is 9.53 Å². The first-order valence-electron chi connectivity index (χ1n) is 15.5. The number of anilines is 2. The first-order valence-corrected chi connectivity index (χ1v) is 15.5. The van der Waals surface area contributed by atoms with Gasteiger partial charge in [-0.25, -0.2) is 4.98 Å². The molecule has 2 fully saturated rings. The summed E-state index contributed by atoms with van der Waals surface area (Å²) in [6, 6.07) is 16.0. The highest BCUT2D eigenvalue weighted by atomic mass is 16.5. The molecule has 0 unspecified atom stereocenters. The van der Waals surface area contributed by atoms with Gasteiger partial charge in [-0.3, -0.25) is 4.79 Å². The van der Waals surface area contributed by atoms with Crippen LogP contribution in [0.15, 0.2) is 48.5 Å². The predicted octanol–water partition coefficient (Wildman–Crippen LogP) is 5.47. The number of amides is 1. The van der Waals surface area contributed by atoms with Gasteiger partial charge in [-0.1, -0.05) is 24.6 Å². The Morgan fingerprint density at radius 1 is 0.829 bits per heavy atom. The van der Waals surface area contributed by atoms with Crippen LogP contribution in [0.1, 0.15) is 61.7 Å². The third-order valence-electron chi connectivity index (χ3n) is 8.15. The van der Waals surface area contributed by atoms with Gasteiger partial charge in [0.1, 0.15) is 18.2 Å². The quantitative estimate of drug-likeness (QED) is 0.258. The van der Waals surface area contributed by atoms with E-state index < -0.39 is 0 Å². The molecule has 0 radical (unpaired) electrons. The number of aromatic nitrogens is 2. The highest BCUT2D eigenvalue weighted by molar-refractivity contribution is 5.94. The van der Waals surface area contributed by atoms with Crippen LogP contribution in [0.2, 0.25) is 0 Å². The Kier molecular flexibility index (Phi) is 10.3. The number of benzene rings is 2. The molecule has 2 aliphatic heterocycles. The van der Waals surface area contributed by atoms with Crippen LogP contribution >= 0.6 is 0 Å². The van der Waals surface area contributed by atoms with E-state index in [1.165, 1.54) is 25.7 Å². The number of unbranched alkanes of at least 4 members (excludes halogenated alkanes) is 2. The number of fused-ring (bicyclic) bond motifs is 1. The van der Waals surface area contributed by atoms with E-state index in [4.69, 9.17) is 14.7 Å². The van der Waals surface area contributed by atoms with Gasteiger partial charge in [0.05, 0.1) is 12.1 Å². The molecule has 2 aliphatic rings. The third kappa shape index (κ3) is 7.88. The van der Waals surface area contributed by atoms with Gasteiger partial charge in [0, 0.05) is 43.7 Å². The van der Waals surface area contributed by atoms with E-state index in [9.17, 15) is 4.79 Å². The Balaban J connectivity index is 1.32. The molecule has 41 heavy (non-hydrogen) atoms. The van der Waals surface area contributed by atoms with Gasteiger partial charge in [-0.05, 0) is 95.9 Å². The third-order valence-corrected chi connectivity index (χ3v) is 8.15. The van der Waals surface area contributed by atoms with Crippen molar-refractivity contribution in [2.75, 3.05) is 76.3 Å². The Morgan fingerprint density at radius 3 is 2.39 bits per heavy atom. The molecule has 2 saturated heterocycles. The number of hydrogen-bond donors (Lipinski definition) is 0. The molecule has 0 atom stereocenters. The van der Waals surface area contributed by atoms with Crippen molar-refractivity contribution in [2.45, 2.75) is 51.4 Å². The number of para-hydroxylation sites is 1. The Hall–Kier alpha value is -3.39. The number of carbonyl (C=O) groups excluding carboxylic acids is 1. The van der Waals surface area contributed by atoms with Crippen molar-refractivity contribution in [3.8, 4) is 5.75 Å². The van der Waals surface area contributed by atoms with Crippen molar-refractivity contribution in [2.24, 2.45) is 0 Å². The summed E-state index contributed by atoms with van der Waals surface area (Å²) < 4.78 is 6.26. The minimum atomic E-state index is 0.102. The van der Waals surface area contributed by atoms with Crippen molar-refractivity contribution in [3.63, 3.8) is 0 Å². The van der Waals surface area contributed by atoms with E-state index >= 15 is 0 Å². The van der Waals surface area contributed by atoms with Gasteiger partial charge in [0.2, 0.25) is 5.95 Å². The molecule has 0 spiro atoms. The van der Waals surface area contributed by atoms with Crippen LogP contribution in [-0.2, 0) is 0 Å². The van der Waals surface area contributed by atoms with Crippen LogP contribution in [0.25, 0.3) is 10.9 Å². The maximum absolute atomic E-state index is 12.9. The van der Waals surface area contributed by atoms with Crippen LogP contribution < -0.4 is 14.5 Å². The SMILES string of the molecule is CN(C)CCCCCN(CCOc1cccc(C(=O)N2CCCC2)c1)c1nc(N2CCCCC2)nc2ccccc12. The lowest BCUT2D eigenvalue weighted by Gasteiger charge is -2.30. The molecule has 3 heterocycles. The summed E-state index contributed by atoms with van der Waals surface area (Å²) in [4.78, 5) is 32.0. The predicted molar refractivity (Wildman–Crippen MR) is 167 cm³/mol. The van der Waals surface area contributed by atoms with E-state index in [0.717, 1.165) is 93.4 Å². The number of hydrogen-bond acceptors (Lipinski definition) is 7. The fourth-order valence-corrected chi connectivity index (χ4v) is 5.85. The largest absolute Gasteiger partial charge is 0.492 e. The van der Waals surface area contributed by atoms with Crippen LogP contribution in [0, 0.1) is 0 Å². The van der Waals surface area contributed by atoms with Gasteiger partial charge in [0.25, 0.3) is 5.91 Å². The van der Waals surface area contributed by atoms with Crippen LogP contribution in [0.5, 0.6) is 5.75 Å². The topological polar surface area (TPSA) is 65.0 Å². The van der Waals surface area contributed by atoms with Crippen LogP contribution in [0.4, 0.5) is 11.8 Å². The van der Waals surface area contributed by atoms with Crippen LogP contribution in [0.3, 0.4) is 0 Å². The number of nitrogens with zero attached hydrogens (tertiary/aromatic N) is 6. The minimum Gasteiger partial charge on any atom is -0.492 e. The molecule has 0 saturated carbocycles. The summed E-state index contributed by atoms with van der Waals surface area (Å²) in [6.07, 6.45) is 9.26. The van der Waals surface area contributed by atoms with Gasteiger partial charge in [0.15, 0.2) is 0 Å². The van der Waals surface area contributed by atoms with Crippen molar-refractivity contribution in [1.82, 2.24) is 19.8 Å². The molecule has 220 valence electrons. The summed E-state index contributed by atoms with van der Waals surface area (Å²) in [5.41, 5.74) is 1.69. The van der Waals surface area contributed by atoms with Crippen molar-refractivity contribution in [1.29, 1.82) is 0 Å². The molecule has 1 aromatic heterocycles. The summed E-state index contributed by atoms with van der Waals surface area (Å²) in [6.45, 7) is 6.94. The van der Waals surface area contributed by atoms with E-state index in [1.54, 1.807) is 0 Å². The van der Waals surface area contributed by atoms with Gasteiger partial charge in [-0.2, -0.15) is 4.98 Å². The molecule has 2 aromatic carbocycles. The van der Waals surface area contributed by atoms with E-state index in [2.05, 4.69) is 53.1 Å². The molecule has 3 aromatic rings. The average molecular weight is 559 g/mol. The van der Waals surface area contributed by atoms with Crippen molar-refractivity contribution >= 4 is 28.6 Å². The molecule has 8 nitrogen and oxygen atoms in total.